The first-order valence-corrected chi connectivity index (χ1v) is 2.58. The average Bonchev–Trinajstić information content (AvgIpc) is 1.84. The second-order valence-electron chi connectivity index (χ2n) is 1.57. The molecule has 0 saturated heterocycles. The molecule has 0 aliphatic heterocycles. The molecule has 0 aromatic heterocycles. The molecule has 14 heavy (non-hydrogen) atoms. The van der Waals surface area contributed by atoms with Crippen molar-refractivity contribution in [1.29, 1.82) is 5.26 Å². The molecular weight excluding hydrogens is 305 g/mol. The number of halogens is 6. The zero-order chi connectivity index (χ0) is 11.3. The number of alkyl halides is 6. The maximum atomic E-state index is 10.9. The van der Waals surface area contributed by atoms with Crippen LogP contribution in [0, 0.1) is 11.3 Å². The molecular formula is C5H4F6NORu+4. The number of hydrogen-bond acceptors (Lipinski definition) is 1. The molecule has 0 saturated carbocycles. The molecule has 2 nitrogen and oxygen atoms in total. The van der Waals surface area contributed by atoms with E-state index in [9.17, 15) is 26.3 Å². The van der Waals surface area contributed by atoms with Gasteiger partial charge in [-0.15, -0.1) is 0 Å². The quantitative estimate of drug-likeness (QED) is 0.384. The maximum Gasteiger partial charge on any atom is 3.00 e. The second-order valence-corrected chi connectivity index (χ2v) is 1.57. The Kier molecular flexibility index (Phi) is 9.19. The van der Waals surface area contributed by atoms with Gasteiger partial charge in [0.1, 0.15) is 0 Å². The van der Waals surface area contributed by atoms with Gasteiger partial charge in [-0.3, -0.25) is 4.79 Å². The van der Waals surface area contributed by atoms with Crippen molar-refractivity contribution in [3.05, 3.63) is 0 Å². The van der Waals surface area contributed by atoms with Gasteiger partial charge in [-0.05, 0) is 0 Å². The summed E-state index contributed by atoms with van der Waals surface area (Å²) in [6.45, 7) is 1.43. The Hall–Kier alpha value is -0.637. The molecule has 0 atom stereocenters. The summed E-state index contributed by atoms with van der Waals surface area (Å²) in [5, 5.41) is 7.32. The van der Waals surface area contributed by atoms with Crippen LogP contribution in [-0.2, 0) is 19.5 Å². The SMILES string of the molecule is CC#N.[OH+]=C(C(F)(F)F)C(F)(F)F.[Ru+3]. The average molecular weight is 309 g/mol. The first kappa shape index (κ1) is 19.0. The molecule has 81 valence electrons. The summed E-state index contributed by atoms with van der Waals surface area (Å²) in [4.78, 5) is 7.39. The monoisotopic (exact) mass is 310 g/mol. The van der Waals surface area contributed by atoms with Gasteiger partial charge in [-0.2, -0.15) is 31.6 Å². The van der Waals surface area contributed by atoms with Crippen molar-refractivity contribution >= 4 is 5.78 Å². The largest absolute Gasteiger partial charge is 3.00 e. The van der Waals surface area contributed by atoms with Crippen LogP contribution in [-0.4, -0.2) is 22.9 Å². The molecule has 0 fully saturated rings. The van der Waals surface area contributed by atoms with Gasteiger partial charge in [0.05, 0.1) is 6.07 Å². The van der Waals surface area contributed by atoms with E-state index in [0.717, 1.165) is 0 Å². The molecule has 0 aromatic carbocycles. The van der Waals surface area contributed by atoms with Crippen LogP contribution in [0.1, 0.15) is 6.92 Å². The molecule has 1 N–H and O–H groups in total. The van der Waals surface area contributed by atoms with Crippen molar-refractivity contribution in [3.8, 4) is 6.07 Å². The topological polar surface area (TPSA) is 45.2 Å². The molecule has 0 heterocycles. The van der Waals surface area contributed by atoms with Gasteiger partial charge in [-0.25, -0.2) is 0 Å². The minimum Gasteiger partial charge on any atom is -0.264 e. The molecule has 0 aliphatic rings. The molecule has 0 unspecified atom stereocenters. The molecule has 0 rings (SSSR count). The van der Waals surface area contributed by atoms with Gasteiger partial charge in [-0.1, -0.05) is 0 Å². The Balaban J connectivity index is -0.000000267. The van der Waals surface area contributed by atoms with Crippen molar-refractivity contribution < 1.29 is 50.6 Å². The summed E-state index contributed by atoms with van der Waals surface area (Å²) < 4.78 is 65.6. The summed E-state index contributed by atoms with van der Waals surface area (Å²) >= 11 is 0. The summed E-state index contributed by atoms with van der Waals surface area (Å²) in [7, 11) is 0. The normalized spacial score (nSPS) is 10.1. The van der Waals surface area contributed by atoms with Crippen LogP contribution >= 0.6 is 0 Å². The van der Waals surface area contributed by atoms with Gasteiger partial charge in [0.25, 0.3) is 0 Å². The van der Waals surface area contributed by atoms with E-state index >= 15 is 0 Å². The molecule has 0 aromatic rings. The standard InChI is InChI=1S/C3F6O.C2H3N.Ru/c4-2(5,6)1(10)3(7,8)9;1-2-3;/h;1H3;/q;;+3/p+1. The van der Waals surface area contributed by atoms with Crippen molar-refractivity contribution in [2.24, 2.45) is 0 Å². The second kappa shape index (κ2) is 6.76. The number of hydrogen-bond donors (Lipinski definition) is 0. The molecule has 0 bridgehead atoms. The summed E-state index contributed by atoms with van der Waals surface area (Å²) in [5.74, 6) is -3.43. The first-order chi connectivity index (χ1) is 5.57. The van der Waals surface area contributed by atoms with E-state index in [2.05, 4.69) is 0 Å². The Morgan fingerprint density at radius 2 is 1.21 bits per heavy atom. The Morgan fingerprint density at radius 3 is 1.21 bits per heavy atom. The molecule has 1 radical (unpaired) electrons. The van der Waals surface area contributed by atoms with Crippen LogP contribution < -0.4 is 0 Å². The summed E-state index contributed by atoms with van der Waals surface area (Å²) in [6, 6.07) is 1.75. The summed E-state index contributed by atoms with van der Waals surface area (Å²) in [5.41, 5.74) is 0. The molecule has 0 spiro atoms. The van der Waals surface area contributed by atoms with Crippen molar-refractivity contribution in [1.82, 2.24) is 0 Å². The Labute approximate surface area is 87.6 Å². The van der Waals surface area contributed by atoms with E-state index in [1.165, 1.54) is 6.92 Å². The summed E-state index contributed by atoms with van der Waals surface area (Å²) in [6.07, 6.45) is -11.4. The number of nitrogens with zero attached hydrogens (tertiary/aromatic N) is 1. The van der Waals surface area contributed by atoms with E-state index in [4.69, 9.17) is 10.1 Å². The van der Waals surface area contributed by atoms with Gasteiger partial charge in [0, 0.05) is 6.92 Å². The van der Waals surface area contributed by atoms with Gasteiger partial charge in [0.2, 0.25) is 0 Å². The van der Waals surface area contributed by atoms with Crippen LogP contribution in [0.25, 0.3) is 0 Å². The van der Waals surface area contributed by atoms with E-state index in [1.54, 1.807) is 6.07 Å². The fraction of sp³-hybridized carbons (Fsp3) is 0.600. The van der Waals surface area contributed by atoms with E-state index in [-0.39, 0.29) is 19.5 Å². The van der Waals surface area contributed by atoms with Crippen LogP contribution in [0.4, 0.5) is 26.3 Å². The smallest absolute Gasteiger partial charge is 0.264 e. The van der Waals surface area contributed by atoms with Crippen molar-refractivity contribution in [2.75, 3.05) is 0 Å². The third kappa shape index (κ3) is 9.45. The Bertz CT molecular complexity index is 198. The first-order valence-electron chi connectivity index (χ1n) is 2.58. The van der Waals surface area contributed by atoms with Gasteiger partial charge >= 0.3 is 37.6 Å². The van der Waals surface area contributed by atoms with Gasteiger partial charge < -0.3 is 0 Å². The number of rotatable bonds is 0. The fourth-order valence-electron chi connectivity index (χ4n) is 0.161. The predicted octanol–water partition coefficient (Wildman–Crippen LogP) is 2.18. The maximum absolute atomic E-state index is 10.9. The van der Waals surface area contributed by atoms with E-state index in [0.29, 0.717) is 0 Å². The van der Waals surface area contributed by atoms with Crippen molar-refractivity contribution in [2.45, 2.75) is 19.3 Å². The number of ketones is 1. The van der Waals surface area contributed by atoms with Crippen LogP contribution in [0.3, 0.4) is 0 Å². The Morgan fingerprint density at radius 1 is 1.07 bits per heavy atom. The minimum absolute atomic E-state index is 0. The number of carbonyl (C=O) groups excluding carboxylic acids is 1. The third-order valence-corrected chi connectivity index (χ3v) is 0.537. The van der Waals surface area contributed by atoms with E-state index < -0.39 is 18.1 Å². The zero-order valence-corrected chi connectivity index (χ0v) is 8.25. The molecule has 0 amide bonds. The molecule has 0 aliphatic carbocycles. The van der Waals surface area contributed by atoms with Crippen molar-refractivity contribution in [3.63, 3.8) is 0 Å². The number of nitriles is 1. The molecule has 9 heteroatoms. The third-order valence-electron chi connectivity index (χ3n) is 0.537. The van der Waals surface area contributed by atoms with Gasteiger partial charge in [0.15, 0.2) is 0 Å². The predicted molar refractivity (Wildman–Crippen MR) is 30.3 cm³/mol. The van der Waals surface area contributed by atoms with Crippen LogP contribution in [0.15, 0.2) is 0 Å². The van der Waals surface area contributed by atoms with Crippen LogP contribution in [0.5, 0.6) is 0 Å². The zero-order valence-electron chi connectivity index (χ0n) is 6.52. The van der Waals surface area contributed by atoms with Crippen LogP contribution in [0.2, 0.25) is 0 Å². The fourth-order valence-corrected chi connectivity index (χ4v) is 0.161. The van der Waals surface area contributed by atoms with E-state index in [1.807, 2.05) is 0 Å². The minimum atomic E-state index is -5.71.